The molecule has 2 aliphatic heterocycles. The fraction of sp³-hybridized carbons (Fsp3) is 0.353. The number of amidine groups is 1. The second-order valence-corrected chi connectivity index (χ2v) is 7.94. The number of hydrogen-bond donors (Lipinski definition) is 1. The van der Waals surface area contributed by atoms with Crippen LogP contribution < -0.4 is 9.62 Å². The van der Waals surface area contributed by atoms with Crippen LogP contribution in [-0.2, 0) is 10.0 Å². The van der Waals surface area contributed by atoms with Crippen LogP contribution in [0, 0.1) is 5.92 Å². The molecule has 0 bridgehead atoms. The predicted octanol–water partition coefficient (Wildman–Crippen LogP) is 1.43. The molecule has 4 rings (SSSR count). The third-order valence-electron chi connectivity index (χ3n) is 4.52. The maximum absolute atomic E-state index is 12.1. The van der Waals surface area contributed by atoms with Crippen molar-refractivity contribution in [1.29, 1.82) is 0 Å². The standard InChI is InChI=1S/C17H19N5O2S/c23-25(24)15-7-2-1-6-14(15)16(21-25)20-11-13-5-3-10-22(12-13)17-18-8-4-9-19-17/h1-2,4,6-9,13H,3,5,10-12H2,(H,20,21). The number of benzene rings is 1. The third-order valence-corrected chi connectivity index (χ3v) is 5.92. The number of nitrogens with zero attached hydrogens (tertiary/aromatic N) is 4. The summed E-state index contributed by atoms with van der Waals surface area (Å²) in [6, 6.07) is 8.75. The molecular formula is C17H19N5O2S. The lowest BCUT2D eigenvalue weighted by atomic mass is 9.98. The monoisotopic (exact) mass is 357 g/mol. The van der Waals surface area contributed by atoms with Crippen LogP contribution in [0.4, 0.5) is 5.95 Å². The lowest BCUT2D eigenvalue weighted by Gasteiger charge is -2.31. The maximum atomic E-state index is 12.1. The van der Waals surface area contributed by atoms with Crippen molar-refractivity contribution in [1.82, 2.24) is 14.7 Å². The zero-order valence-corrected chi connectivity index (χ0v) is 14.5. The van der Waals surface area contributed by atoms with E-state index >= 15 is 0 Å². The number of sulfonamides is 1. The fourth-order valence-electron chi connectivity index (χ4n) is 3.32. The van der Waals surface area contributed by atoms with Crippen molar-refractivity contribution < 1.29 is 8.42 Å². The van der Waals surface area contributed by atoms with E-state index in [1.165, 1.54) is 0 Å². The Labute approximate surface area is 146 Å². The molecule has 1 unspecified atom stereocenters. The van der Waals surface area contributed by atoms with Crippen LogP contribution in [0.25, 0.3) is 0 Å². The van der Waals surface area contributed by atoms with Crippen molar-refractivity contribution in [3.63, 3.8) is 0 Å². The topological polar surface area (TPSA) is 87.5 Å². The molecule has 1 N–H and O–H groups in total. The SMILES string of the molecule is O=S1(=O)NC(=NCC2CCCN(c3ncccn3)C2)c2ccccc21. The Kier molecular flexibility index (Phi) is 4.12. The molecule has 7 nitrogen and oxygen atoms in total. The summed E-state index contributed by atoms with van der Waals surface area (Å²) >= 11 is 0. The van der Waals surface area contributed by atoms with Crippen molar-refractivity contribution in [3.8, 4) is 0 Å². The molecule has 8 heteroatoms. The second kappa shape index (κ2) is 6.44. The van der Waals surface area contributed by atoms with Gasteiger partial charge in [0.15, 0.2) is 0 Å². The molecule has 2 aliphatic rings. The van der Waals surface area contributed by atoms with Crippen LogP contribution in [0.1, 0.15) is 18.4 Å². The van der Waals surface area contributed by atoms with E-state index in [1.54, 1.807) is 36.7 Å². The Morgan fingerprint density at radius 2 is 2.00 bits per heavy atom. The van der Waals surface area contributed by atoms with Gasteiger partial charge in [-0.3, -0.25) is 9.71 Å². The molecule has 0 spiro atoms. The minimum Gasteiger partial charge on any atom is -0.340 e. The number of nitrogens with one attached hydrogen (secondary N) is 1. The smallest absolute Gasteiger partial charge is 0.263 e. The highest BCUT2D eigenvalue weighted by molar-refractivity contribution is 7.90. The van der Waals surface area contributed by atoms with Crippen molar-refractivity contribution in [2.45, 2.75) is 17.7 Å². The van der Waals surface area contributed by atoms with E-state index in [9.17, 15) is 8.42 Å². The van der Waals surface area contributed by atoms with E-state index in [0.29, 0.717) is 28.8 Å². The molecule has 1 fully saturated rings. The Morgan fingerprint density at radius 1 is 1.20 bits per heavy atom. The van der Waals surface area contributed by atoms with Crippen molar-refractivity contribution in [2.75, 3.05) is 24.5 Å². The number of rotatable bonds is 3. The van der Waals surface area contributed by atoms with Gasteiger partial charge in [0, 0.05) is 37.6 Å². The van der Waals surface area contributed by atoms with Gasteiger partial charge in [0.25, 0.3) is 10.0 Å². The Morgan fingerprint density at radius 3 is 2.84 bits per heavy atom. The summed E-state index contributed by atoms with van der Waals surface area (Å²) in [4.78, 5) is 15.7. The Balaban J connectivity index is 1.49. The quantitative estimate of drug-likeness (QED) is 0.898. The van der Waals surface area contributed by atoms with Gasteiger partial charge in [-0.25, -0.2) is 18.4 Å². The summed E-state index contributed by atoms with van der Waals surface area (Å²) in [6.07, 6.45) is 5.61. The number of anilines is 1. The first-order chi connectivity index (χ1) is 12.1. The molecule has 0 amide bonds. The molecule has 3 heterocycles. The van der Waals surface area contributed by atoms with Crippen LogP contribution in [0.2, 0.25) is 0 Å². The van der Waals surface area contributed by atoms with Gasteiger partial charge in [-0.05, 0) is 37.0 Å². The second-order valence-electron chi connectivity index (χ2n) is 6.29. The van der Waals surface area contributed by atoms with Crippen LogP contribution in [0.15, 0.2) is 52.6 Å². The Bertz CT molecular complexity index is 898. The average molecular weight is 357 g/mol. The zero-order valence-electron chi connectivity index (χ0n) is 13.7. The summed E-state index contributed by atoms with van der Waals surface area (Å²) in [5.74, 6) is 1.54. The van der Waals surface area contributed by atoms with Gasteiger partial charge in [-0.1, -0.05) is 12.1 Å². The third kappa shape index (κ3) is 3.21. The predicted molar refractivity (Wildman–Crippen MR) is 95.1 cm³/mol. The number of piperidine rings is 1. The molecule has 1 aromatic carbocycles. The van der Waals surface area contributed by atoms with E-state index in [1.807, 2.05) is 6.07 Å². The normalized spacial score (nSPS) is 23.3. The Hall–Kier alpha value is -2.48. The molecule has 0 saturated carbocycles. The highest BCUT2D eigenvalue weighted by atomic mass is 32.2. The highest BCUT2D eigenvalue weighted by Crippen LogP contribution is 2.24. The van der Waals surface area contributed by atoms with E-state index in [0.717, 1.165) is 31.9 Å². The van der Waals surface area contributed by atoms with Crippen LogP contribution >= 0.6 is 0 Å². The van der Waals surface area contributed by atoms with Crippen LogP contribution in [0.5, 0.6) is 0 Å². The van der Waals surface area contributed by atoms with Crippen molar-refractivity contribution >= 4 is 21.8 Å². The van der Waals surface area contributed by atoms with E-state index < -0.39 is 10.0 Å². The van der Waals surface area contributed by atoms with Crippen LogP contribution in [-0.4, -0.2) is 43.9 Å². The van der Waals surface area contributed by atoms with Gasteiger partial charge < -0.3 is 4.90 Å². The maximum Gasteiger partial charge on any atom is 0.263 e. The summed E-state index contributed by atoms with van der Waals surface area (Å²) < 4.78 is 26.8. The minimum absolute atomic E-state index is 0.303. The fourth-order valence-corrected chi connectivity index (χ4v) is 4.57. The minimum atomic E-state index is -3.47. The van der Waals surface area contributed by atoms with E-state index in [-0.39, 0.29) is 0 Å². The van der Waals surface area contributed by atoms with Gasteiger partial charge in [-0.15, -0.1) is 0 Å². The first kappa shape index (κ1) is 16.0. The average Bonchev–Trinajstić information content (AvgIpc) is 2.92. The molecular weight excluding hydrogens is 338 g/mol. The summed E-state index contributed by atoms with van der Waals surface area (Å²) in [5.41, 5.74) is 0.654. The van der Waals surface area contributed by atoms with Gasteiger partial charge in [0.05, 0.1) is 4.90 Å². The largest absolute Gasteiger partial charge is 0.340 e. The lowest BCUT2D eigenvalue weighted by molar-refractivity contribution is 0.420. The molecule has 1 aromatic heterocycles. The van der Waals surface area contributed by atoms with Crippen molar-refractivity contribution in [3.05, 3.63) is 48.3 Å². The highest BCUT2D eigenvalue weighted by Gasteiger charge is 2.30. The molecule has 2 aromatic rings. The van der Waals surface area contributed by atoms with Gasteiger partial charge in [0.1, 0.15) is 5.84 Å². The van der Waals surface area contributed by atoms with Crippen molar-refractivity contribution in [2.24, 2.45) is 10.9 Å². The molecule has 130 valence electrons. The zero-order chi connectivity index (χ0) is 17.3. The molecule has 25 heavy (non-hydrogen) atoms. The van der Waals surface area contributed by atoms with Crippen LogP contribution in [0.3, 0.4) is 0 Å². The number of hydrogen-bond acceptors (Lipinski definition) is 6. The molecule has 1 atom stereocenters. The van der Waals surface area contributed by atoms with E-state index in [4.69, 9.17) is 0 Å². The number of aliphatic imine (C=N–C) groups is 1. The first-order valence-electron chi connectivity index (χ1n) is 8.32. The summed E-state index contributed by atoms with van der Waals surface area (Å²) in [5, 5.41) is 0. The summed E-state index contributed by atoms with van der Waals surface area (Å²) in [7, 11) is -3.47. The number of fused-ring (bicyclic) bond motifs is 1. The summed E-state index contributed by atoms with van der Waals surface area (Å²) in [6.45, 7) is 2.34. The van der Waals surface area contributed by atoms with Gasteiger partial charge in [0.2, 0.25) is 5.95 Å². The molecule has 0 radical (unpaired) electrons. The van der Waals surface area contributed by atoms with Gasteiger partial charge >= 0.3 is 0 Å². The number of aromatic nitrogens is 2. The first-order valence-corrected chi connectivity index (χ1v) is 9.80. The molecule has 1 saturated heterocycles. The molecule has 0 aliphatic carbocycles. The lowest BCUT2D eigenvalue weighted by Crippen LogP contribution is -2.37. The van der Waals surface area contributed by atoms with E-state index in [2.05, 4.69) is 24.6 Å². The van der Waals surface area contributed by atoms with Gasteiger partial charge in [-0.2, -0.15) is 0 Å².